The van der Waals surface area contributed by atoms with E-state index in [9.17, 15) is 4.79 Å². The summed E-state index contributed by atoms with van der Waals surface area (Å²) in [5.74, 6) is 1.26. The number of amides is 1. The van der Waals surface area contributed by atoms with Crippen molar-refractivity contribution < 1.29 is 19.0 Å². The fraction of sp³-hybridized carbons (Fsp3) is 0.435. The first-order chi connectivity index (χ1) is 14.3. The van der Waals surface area contributed by atoms with Gasteiger partial charge in [0.15, 0.2) is 0 Å². The molecule has 3 rings (SSSR count). The average Bonchev–Trinajstić information content (AvgIpc) is 3.26. The number of para-hydroxylation sites is 4. The fourth-order valence-corrected chi connectivity index (χ4v) is 3.09. The highest BCUT2D eigenvalue weighted by Gasteiger charge is 2.17. The van der Waals surface area contributed by atoms with E-state index >= 15 is 0 Å². The van der Waals surface area contributed by atoms with Crippen LogP contribution in [0.2, 0.25) is 0 Å². The van der Waals surface area contributed by atoms with E-state index in [-0.39, 0.29) is 18.6 Å². The highest BCUT2D eigenvalue weighted by Crippen LogP contribution is 2.26. The van der Waals surface area contributed by atoms with E-state index in [1.54, 1.807) is 0 Å². The van der Waals surface area contributed by atoms with Gasteiger partial charge in [-0.25, -0.2) is 0 Å². The molecule has 2 N–H and O–H groups in total. The van der Waals surface area contributed by atoms with E-state index in [4.69, 9.17) is 14.2 Å². The van der Waals surface area contributed by atoms with Crippen molar-refractivity contribution in [1.82, 2.24) is 0 Å². The van der Waals surface area contributed by atoms with Crippen LogP contribution in [0.15, 0.2) is 48.5 Å². The minimum absolute atomic E-state index is 0.129. The van der Waals surface area contributed by atoms with Crippen molar-refractivity contribution in [2.24, 2.45) is 0 Å². The van der Waals surface area contributed by atoms with Gasteiger partial charge in [0.1, 0.15) is 18.1 Å². The molecule has 1 aliphatic rings. The number of hydrogen-bond donors (Lipinski definition) is 2. The molecule has 6 nitrogen and oxygen atoms in total. The Labute approximate surface area is 172 Å². The number of ether oxygens (including phenoxy) is 3. The molecule has 0 bridgehead atoms. The maximum absolute atomic E-state index is 12.5. The first-order valence-corrected chi connectivity index (χ1v) is 10.3. The Kier molecular flexibility index (Phi) is 8.19. The molecular formula is C23H30N2O4. The third-order valence-corrected chi connectivity index (χ3v) is 4.69. The summed E-state index contributed by atoms with van der Waals surface area (Å²) < 4.78 is 17.3. The average molecular weight is 399 g/mol. The SMILES string of the molecule is CCCCOc1ccccc1NC(=O)CNc1ccccc1OCC1CCCO1. The van der Waals surface area contributed by atoms with Crippen LogP contribution in [0.5, 0.6) is 11.5 Å². The Morgan fingerprint density at radius 3 is 2.52 bits per heavy atom. The van der Waals surface area contributed by atoms with Gasteiger partial charge in [0, 0.05) is 6.61 Å². The van der Waals surface area contributed by atoms with Crippen molar-refractivity contribution in [2.45, 2.75) is 38.7 Å². The lowest BCUT2D eigenvalue weighted by molar-refractivity contribution is -0.114. The lowest BCUT2D eigenvalue weighted by atomic mass is 10.2. The van der Waals surface area contributed by atoms with E-state index in [2.05, 4.69) is 17.6 Å². The molecule has 1 heterocycles. The van der Waals surface area contributed by atoms with Crippen LogP contribution < -0.4 is 20.1 Å². The Balaban J connectivity index is 1.52. The number of rotatable bonds is 11. The highest BCUT2D eigenvalue weighted by molar-refractivity contribution is 5.95. The van der Waals surface area contributed by atoms with Crippen LogP contribution in [0.4, 0.5) is 11.4 Å². The number of hydrogen-bond acceptors (Lipinski definition) is 5. The lowest BCUT2D eigenvalue weighted by Gasteiger charge is -2.16. The molecule has 1 aliphatic heterocycles. The third-order valence-electron chi connectivity index (χ3n) is 4.69. The summed E-state index contributed by atoms with van der Waals surface area (Å²) in [6.07, 6.45) is 4.30. The van der Waals surface area contributed by atoms with Crippen molar-refractivity contribution in [3.63, 3.8) is 0 Å². The molecule has 1 unspecified atom stereocenters. The van der Waals surface area contributed by atoms with Crippen LogP contribution in [0.3, 0.4) is 0 Å². The van der Waals surface area contributed by atoms with Crippen molar-refractivity contribution in [1.29, 1.82) is 0 Å². The predicted octanol–water partition coefficient (Wildman–Crippen LogP) is 4.47. The lowest BCUT2D eigenvalue weighted by Crippen LogP contribution is -2.23. The maximum Gasteiger partial charge on any atom is 0.243 e. The molecule has 156 valence electrons. The Bertz CT molecular complexity index is 775. The van der Waals surface area contributed by atoms with E-state index in [1.165, 1.54) is 0 Å². The molecule has 2 aromatic carbocycles. The molecule has 2 aromatic rings. The summed E-state index contributed by atoms with van der Waals surface area (Å²) in [6, 6.07) is 15.1. The largest absolute Gasteiger partial charge is 0.491 e. The molecular weight excluding hydrogens is 368 g/mol. The van der Waals surface area contributed by atoms with Gasteiger partial charge in [-0.2, -0.15) is 0 Å². The number of benzene rings is 2. The third kappa shape index (κ3) is 6.68. The summed E-state index contributed by atoms with van der Waals surface area (Å²) in [6.45, 7) is 4.21. The van der Waals surface area contributed by atoms with Crippen molar-refractivity contribution >= 4 is 17.3 Å². The fourth-order valence-electron chi connectivity index (χ4n) is 3.09. The predicted molar refractivity (Wildman–Crippen MR) is 115 cm³/mol. The van der Waals surface area contributed by atoms with Crippen molar-refractivity contribution in [2.75, 3.05) is 37.0 Å². The second kappa shape index (κ2) is 11.3. The number of unbranched alkanes of at least 4 members (excludes halogenated alkanes) is 1. The van der Waals surface area contributed by atoms with Gasteiger partial charge in [-0.1, -0.05) is 37.6 Å². The quantitative estimate of drug-likeness (QED) is 0.547. The molecule has 0 saturated carbocycles. The van der Waals surface area contributed by atoms with Gasteiger partial charge in [-0.15, -0.1) is 0 Å². The van der Waals surface area contributed by atoms with Crippen LogP contribution in [-0.4, -0.2) is 38.4 Å². The standard InChI is InChI=1S/C23H30N2O4/c1-2-3-14-28-22-13-7-5-11-20(22)25-23(26)16-24-19-10-4-6-12-21(19)29-17-18-9-8-15-27-18/h4-7,10-13,18,24H,2-3,8-9,14-17H2,1H3,(H,25,26). The van der Waals surface area contributed by atoms with Crippen LogP contribution >= 0.6 is 0 Å². The Hall–Kier alpha value is -2.73. The second-order valence-electron chi connectivity index (χ2n) is 7.04. The maximum atomic E-state index is 12.5. The molecule has 0 aliphatic carbocycles. The van der Waals surface area contributed by atoms with E-state index in [0.717, 1.165) is 43.7 Å². The van der Waals surface area contributed by atoms with Crippen molar-refractivity contribution in [3.05, 3.63) is 48.5 Å². The molecule has 6 heteroatoms. The summed E-state index contributed by atoms with van der Waals surface area (Å²) in [4.78, 5) is 12.5. The first kappa shape index (κ1) is 21.0. The summed E-state index contributed by atoms with van der Waals surface area (Å²) in [5, 5.41) is 6.08. The van der Waals surface area contributed by atoms with Crippen LogP contribution in [-0.2, 0) is 9.53 Å². The minimum Gasteiger partial charge on any atom is -0.491 e. The van der Waals surface area contributed by atoms with Crippen LogP contribution in [0.1, 0.15) is 32.6 Å². The van der Waals surface area contributed by atoms with Gasteiger partial charge < -0.3 is 24.8 Å². The number of carbonyl (C=O) groups excluding carboxylic acids is 1. The molecule has 1 amide bonds. The van der Waals surface area contributed by atoms with Crippen LogP contribution in [0, 0.1) is 0 Å². The first-order valence-electron chi connectivity index (χ1n) is 10.3. The normalized spacial score (nSPS) is 15.7. The minimum atomic E-state index is -0.148. The van der Waals surface area contributed by atoms with Gasteiger partial charge in [-0.05, 0) is 43.5 Å². The molecule has 1 atom stereocenters. The van der Waals surface area contributed by atoms with Gasteiger partial charge in [0.05, 0.1) is 30.6 Å². The van der Waals surface area contributed by atoms with Gasteiger partial charge >= 0.3 is 0 Å². The molecule has 0 aromatic heterocycles. The zero-order valence-electron chi connectivity index (χ0n) is 17.0. The Morgan fingerprint density at radius 2 is 1.79 bits per heavy atom. The summed E-state index contributed by atoms with van der Waals surface area (Å²) in [5.41, 5.74) is 1.46. The molecule has 29 heavy (non-hydrogen) atoms. The van der Waals surface area contributed by atoms with E-state index < -0.39 is 0 Å². The zero-order chi connectivity index (χ0) is 20.3. The highest BCUT2D eigenvalue weighted by atomic mass is 16.5. The number of carbonyl (C=O) groups is 1. The second-order valence-corrected chi connectivity index (χ2v) is 7.04. The zero-order valence-corrected chi connectivity index (χ0v) is 17.0. The smallest absolute Gasteiger partial charge is 0.243 e. The monoisotopic (exact) mass is 398 g/mol. The van der Waals surface area contributed by atoms with Crippen LogP contribution in [0.25, 0.3) is 0 Å². The van der Waals surface area contributed by atoms with Crippen molar-refractivity contribution in [3.8, 4) is 11.5 Å². The van der Waals surface area contributed by atoms with E-state index in [1.807, 2.05) is 48.5 Å². The topological polar surface area (TPSA) is 68.8 Å². The van der Waals surface area contributed by atoms with Gasteiger partial charge in [0.25, 0.3) is 0 Å². The van der Waals surface area contributed by atoms with Gasteiger partial charge in [-0.3, -0.25) is 4.79 Å². The van der Waals surface area contributed by atoms with Gasteiger partial charge in [0.2, 0.25) is 5.91 Å². The number of anilines is 2. The van der Waals surface area contributed by atoms with E-state index in [0.29, 0.717) is 24.7 Å². The molecule has 1 fully saturated rings. The molecule has 0 spiro atoms. The summed E-state index contributed by atoms with van der Waals surface area (Å²) >= 11 is 0. The molecule has 1 saturated heterocycles. The number of nitrogens with one attached hydrogen (secondary N) is 2. The molecule has 0 radical (unpaired) electrons. The Morgan fingerprint density at radius 1 is 1.07 bits per heavy atom. The summed E-state index contributed by atoms with van der Waals surface area (Å²) in [7, 11) is 0.